The van der Waals surface area contributed by atoms with Crippen molar-refractivity contribution in [1.82, 2.24) is 4.72 Å². The molecule has 0 fully saturated rings. The Labute approximate surface area is 116 Å². The Hall–Kier alpha value is -1.26. The fourth-order valence-electron chi connectivity index (χ4n) is 1.31. The lowest BCUT2D eigenvalue weighted by atomic mass is 10.3. The van der Waals surface area contributed by atoms with Gasteiger partial charge in [-0.3, -0.25) is 0 Å². The second-order valence-corrected chi connectivity index (χ2v) is 7.67. The van der Waals surface area contributed by atoms with Crippen molar-refractivity contribution in [2.45, 2.75) is 10.7 Å². The lowest BCUT2D eigenvalue weighted by Gasteiger charge is -2.08. The minimum atomic E-state index is -4.59. The van der Waals surface area contributed by atoms with Crippen molar-refractivity contribution in [2.75, 3.05) is 24.7 Å². The number of sulfone groups is 1. The smallest absolute Gasteiger partial charge is 0.341 e. The highest BCUT2D eigenvalue weighted by Crippen LogP contribution is 2.19. The van der Waals surface area contributed by atoms with Crippen molar-refractivity contribution in [3.8, 4) is 0 Å². The van der Waals surface area contributed by atoms with Crippen LogP contribution in [-0.4, -0.2) is 41.9 Å². The van der Waals surface area contributed by atoms with Crippen molar-refractivity contribution < 1.29 is 25.6 Å². The van der Waals surface area contributed by atoms with Crippen LogP contribution in [0.4, 0.5) is 14.5 Å². The van der Waals surface area contributed by atoms with E-state index in [0.717, 1.165) is 18.4 Å². The normalized spacial score (nSPS) is 12.6. The molecule has 10 heteroatoms. The Morgan fingerprint density at radius 1 is 1.05 bits per heavy atom. The van der Waals surface area contributed by atoms with Crippen LogP contribution in [0.1, 0.15) is 0 Å². The number of rotatable bonds is 7. The van der Waals surface area contributed by atoms with Crippen LogP contribution >= 0.6 is 0 Å². The summed E-state index contributed by atoms with van der Waals surface area (Å²) in [4.78, 5) is -0.465. The molecule has 1 aromatic carbocycles. The van der Waals surface area contributed by atoms with E-state index in [2.05, 4.69) is 10.0 Å². The van der Waals surface area contributed by atoms with Crippen molar-refractivity contribution in [3.05, 3.63) is 24.3 Å². The molecule has 1 aromatic rings. The molecule has 2 N–H and O–H groups in total. The van der Waals surface area contributed by atoms with E-state index in [0.29, 0.717) is 5.69 Å². The Morgan fingerprint density at radius 3 is 2.05 bits per heavy atom. The number of anilines is 1. The molecule has 0 aliphatic carbocycles. The first-order chi connectivity index (χ1) is 9.13. The van der Waals surface area contributed by atoms with Crippen LogP contribution in [0.25, 0.3) is 0 Å². The van der Waals surface area contributed by atoms with Crippen LogP contribution in [0.15, 0.2) is 29.2 Å². The van der Waals surface area contributed by atoms with Gasteiger partial charge in [-0.05, 0) is 24.3 Å². The number of sulfonamides is 1. The topological polar surface area (TPSA) is 92.3 Å². The van der Waals surface area contributed by atoms with Gasteiger partial charge in [0.15, 0.2) is 0 Å². The van der Waals surface area contributed by atoms with Gasteiger partial charge in [-0.15, -0.1) is 0 Å². The predicted molar refractivity (Wildman–Crippen MR) is 71.0 cm³/mol. The average Bonchev–Trinajstić information content (AvgIpc) is 2.34. The molecular formula is C10H14F2N2O4S2. The average molecular weight is 328 g/mol. The van der Waals surface area contributed by atoms with Gasteiger partial charge in [-0.25, -0.2) is 21.6 Å². The van der Waals surface area contributed by atoms with Crippen LogP contribution in [0, 0.1) is 0 Å². The van der Waals surface area contributed by atoms with Crippen molar-refractivity contribution in [2.24, 2.45) is 0 Å². The SMILES string of the molecule is CS(=O)(=O)NCCNc1ccc(S(=O)(=O)C(F)F)cc1. The zero-order chi connectivity index (χ0) is 15.4. The number of nitrogens with one attached hydrogen (secondary N) is 2. The van der Waals surface area contributed by atoms with E-state index in [1.165, 1.54) is 12.1 Å². The Kier molecular flexibility index (Phi) is 5.42. The van der Waals surface area contributed by atoms with Crippen LogP contribution < -0.4 is 10.0 Å². The zero-order valence-corrected chi connectivity index (χ0v) is 12.1. The Morgan fingerprint density at radius 2 is 1.60 bits per heavy atom. The molecule has 0 unspecified atom stereocenters. The van der Waals surface area contributed by atoms with Gasteiger partial charge in [-0.1, -0.05) is 0 Å². The minimum Gasteiger partial charge on any atom is -0.384 e. The number of hydrogen-bond donors (Lipinski definition) is 2. The van der Waals surface area contributed by atoms with E-state index in [4.69, 9.17) is 0 Å². The van der Waals surface area contributed by atoms with Gasteiger partial charge >= 0.3 is 5.76 Å². The van der Waals surface area contributed by atoms with E-state index >= 15 is 0 Å². The quantitative estimate of drug-likeness (QED) is 0.717. The number of halogens is 2. The molecule has 1 rings (SSSR count). The number of benzene rings is 1. The molecule has 20 heavy (non-hydrogen) atoms. The minimum absolute atomic E-state index is 0.149. The summed E-state index contributed by atoms with van der Waals surface area (Å²) in [7, 11) is -7.86. The lowest BCUT2D eigenvalue weighted by Crippen LogP contribution is -2.27. The maximum absolute atomic E-state index is 12.3. The fourth-order valence-corrected chi connectivity index (χ4v) is 2.50. The highest BCUT2D eigenvalue weighted by Gasteiger charge is 2.26. The summed E-state index contributed by atoms with van der Waals surface area (Å²) in [6.07, 6.45) is 1.02. The molecule has 0 spiro atoms. The van der Waals surface area contributed by atoms with Gasteiger partial charge < -0.3 is 5.32 Å². The van der Waals surface area contributed by atoms with Crippen molar-refractivity contribution in [3.63, 3.8) is 0 Å². The molecule has 114 valence electrons. The van der Waals surface area contributed by atoms with Crippen LogP contribution in [0.2, 0.25) is 0 Å². The largest absolute Gasteiger partial charge is 0.384 e. The van der Waals surface area contributed by atoms with Gasteiger partial charge in [0.2, 0.25) is 19.9 Å². The van der Waals surface area contributed by atoms with Gasteiger partial charge in [0.1, 0.15) is 0 Å². The summed E-state index contributed by atoms with van der Waals surface area (Å²) in [6.45, 7) is 0.421. The fraction of sp³-hybridized carbons (Fsp3) is 0.400. The maximum atomic E-state index is 12.3. The van der Waals surface area contributed by atoms with Crippen molar-refractivity contribution >= 4 is 25.5 Å². The van der Waals surface area contributed by atoms with Crippen LogP contribution in [0.3, 0.4) is 0 Å². The summed E-state index contributed by atoms with van der Waals surface area (Å²) in [5.74, 6) is -3.46. The Bertz CT molecular complexity index is 642. The highest BCUT2D eigenvalue weighted by atomic mass is 32.2. The third kappa shape index (κ3) is 5.02. The molecule has 0 amide bonds. The summed E-state index contributed by atoms with van der Waals surface area (Å²) in [5, 5.41) is 2.82. The molecule has 0 aromatic heterocycles. The van der Waals surface area contributed by atoms with Gasteiger partial charge in [0.25, 0.3) is 0 Å². The molecule has 0 saturated carbocycles. The lowest BCUT2D eigenvalue weighted by molar-refractivity contribution is 0.234. The van der Waals surface area contributed by atoms with E-state index in [-0.39, 0.29) is 13.1 Å². The van der Waals surface area contributed by atoms with E-state index in [1.54, 1.807) is 0 Å². The summed E-state index contributed by atoms with van der Waals surface area (Å²) < 4.78 is 70.7. The predicted octanol–water partition coefficient (Wildman–Crippen LogP) is 0.644. The molecule has 0 saturated heterocycles. The van der Waals surface area contributed by atoms with Gasteiger partial charge in [0.05, 0.1) is 11.2 Å². The zero-order valence-electron chi connectivity index (χ0n) is 10.5. The Balaban J connectivity index is 2.60. The second kappa shape index (κ2) is 6.46. The summed E-state index contributed by atoms with van der Waals surface area (Å²) >= 11 is 0. The third-order valence-corrected chi connectivity index (χ3v) is 4.36. The molecular weight excluding hydrogens is 314 g/mol. The summed E-state index contributed by atoms with van der Waals surface area (Å²) in [6, 6.07) is 4.78. The number of hydrogen-bond acceptors (Lipinski definition) is 5. The highest BCUT2D eigenvalue weighted by molar-refractivity contribution is 7.91. The molecule has 0 radical (unpaired) electrons. The maximum Gasteiger partial charge on any atom is 0.341 e. The number of alkyl halides is 2. The molecule has 0 heterocycles. The van der Waals surface area contributed by atoms with Crippen LogP contribution in [0.5, 0.6) is 0 Å². The van der Waals surface area contributed by atoms with Gasteiger partial charge in [0, 0.05) is 18.8 Å². The van der Waals surface area contributed by atoms with Gasteiger partial charge in [-0.2, -0.15) is 8.78 Å². The molecule has 0 bridgehead atoms. The standard InChI is InChI=1S/C10H14F2N2O4S2/c1-19(15,16)14-7-6-13-8-2-4-9(5-3-8)20(17,18)10(11)12/h2-5,10,13-14H,6-7H2,1H3. The molecule has 6 nitrogen and oxygen atoms in total. The first kappa shape index (κ1) is 16.8. The molecule has 0 aliphatic rings. The van der Waals surface area contributed by atoms with E-state index in [1.807, 2.05) is 0 Å². The first-order valence-electron chi connectivity index (χ1n) is 5.43. The third-order valence-electron chi connectivity index (χ3n) is 2.24. The van der Waals surface area contributed by atoms with E-state index in [9.17, 15) is 25.6 Å². The van der Waals surface area contributed by atoms with E-state index < -0.39 is 30.5 Å². The molecule has 0 aliphatic heterocycles. The van der Waals surface area contributed by atoms with Crippen LogP contribution in [-0.2, 0) is 19.9 Å². The summed E-state index contributed by atoms with van der Waals surface area (Å²) in [5.41, 5.74) is 0.494. The monoisotopic (exact) mass is 328 g/mol. The second-order valence-electron chi connectivity index (χ2n) is 3.92. The molecule has 0 atom stereocenters. The van der Waals surface area contributed by atoms with Crippen molar-refractivity contribution in [1.29, 1.82) is 0 Å². The first-order valence-corrected chi connectivity index (χ1v) is 8.87.